The number of thiazole rings is 1. The molecule has 3 nitrogen and oxygen atoms in total. The molecule has 0 aliphatic carbocycles. The molecule has 1 unspecified atom stereocenters. The van der Waals surface area contributed by atoms with Crippen molar-refractivity contribution in [2.24, 2.45) is 5.41 Å². The molecule has 0 aliphatic heterocycles. The molecule has 2 rings (SSSR count). The van der Waals surface area contributed by atoms with Crippen molar-refractivity contribution in [1.29, 1.82) is 0 Å². The average molecular weight is 333 g/mol. The van der Waals surface area contributed by atoms with Crippen LogP contribution in [0.25, 0.3) is 0 Å². The summed E-state index contributed by atoms with van der Waals surface area (Å²) in [6.07, 6.45) is 1.03. The fourth-order valence-electron chi connectivity index (χ4n) is 3.16. The van der Waals surface area contributed by atoms with Gasteiger partial charge in [-0.3, -0.25) is 0 Å². The summed E-state index contributed by atoms with van der Waals surface area (Å²) in [7, 11) is 0. The van der Waals surface area contributed by atoms with Gasteiger partial charge in [-0.25, -0.2) is 4.98 Å². The molecule has 1 aromatic carbocycles. The SMILES string of the molecule is CC(Oc1ccc(C(C)(C)CC(C)(C)C)cc1)c1csc(N)n1. The number of ether oxygens (including phenoxy) is 1. The van der Waals surface area contributed by atoms with E-state index >= 15 is 0 Å². The number of hydrogen-bond acceptors (Lipinski definition) is 4. The standard InChI is InChI=1S/C19H28N2OS/c1-13(16-11-23-17(20)21-16)22-15-9-7-14(8-10-15)19(5,6)12-18(2,3)4/h7-11,13H,12H2,1-6H3,(H2,20,21). The molecular weight excluding hydrogens is 304 g/mol. The van der Waals surface area contributed by atoms with E-state index < -0.39 is 0 Å². The van der Waals surface area contributed by atoms with Gasteiger partial charge in [0.1, 0.15) is 11.9 Å². The van der Waals surface area contributed by atoms with Gasteiger partial charge < -0.3 is 10.5 Å². The first-order chi connectivity index (χ1) is 10.6. The fourth-order valence-corrected chi connectivity index (χ4v) is 3.81. The van der Waals surface area contributed by atoms with E-state index in [2.05, 4.69) is 51.7 Å². The van der Waals surface area contributed by atoms with Crippen molar-refractivity contribution in [3.8, 4) is 5.75 Å². The molecule has 4 heteroatoms. The highest BCUT2D eigenvalue weighted by Gasteiger charge is 2.27. The van der Waals surface area contributed by atoms with Crippen molar-refractivity contribution in [2.75, 3.05) is 5.73 Å². The maximum absolute atomic E-state index is 5.97. The fraction of sp³-hybridized carbons (Fsp3) is 0.526. The van der Waals surface area contributed by atoms with Gasteiger partial charge in [-0.1, -0.05) is 46.8 Å². The highest BCUT2D eigenvalue weighted by molar-refractivity contribution is 7.13. The van der Waals surface area contributed by atoms with E-state index in [1.165, 1.54) is 16.9 Å². The molecular formula is C19H28N2OS. The van der Waals surface area contributed by atoms with Crippen molar-refractivity contribution in [3.63, 3.8) is 0 Å². The summed E-state index contributed by atoms with van der Waals surface area (Å²) in [4.78, 5) is 4.28. The van der Waals surface area contributed by atoms with Crippen LogP contribution in [0.3, 0.4) is 0 Å². The van der Waals surface area contributed by atoms with Crippen molar-refractivity contribution in [3.05, 3.63) is 40.9 Å². The molecule has 1 aromatic heterocycles. The van der Waals surface area contributed by atoms with Gasteiger partial charge >= 0.3 is 0 Å². The molecule has 2 aromatic rings. The van der Waals surface area contributed by atoms with Gasteiger partial charge in [0, 0.05) is 5.38 Å². The summed E-state index contributed by atoms with van der Waals surface area (Å²) < 4.78 is 5.97. The van der Waals surface area contributed by atoms with E-state index in [1.54, 1.807) is 0 Å². The lowest BCUT2D eigenvalue weighted by molar-refractivity contribution is 0.222. The molecule has 0 saturated carbocycles. The topological polar surface area (TPSA) is 48.1 Å². The molecule has 0 radical (unpaired) electrons. The number of nitrogens with zero attached hydrogens (tertiary/aromatic N) is 1. The minimum atomic E-state index is -0.100. The Labute approximate surface area is 143 Å². The van der Waals surface area contributed by atoms with Crippen LogP contribution < -0.4 is 10.5 Å². The third-order valence-electron chi connectivity index (χ3n) is 3.88. The van der Waals surface area contributed by atoms with Gasteiger partial charge in [0.25, 0.3) is 0 Å². The lowest BCUT2D eigenvalue weighted by Gasteiger charge is -2.33. The first-order valence-electron chi connectivity index (χ1n) is 8.05. The summed E-state index contributed by atoms with van der Waals surface area (Å²) in [5, 5.41) is 2.52. The number of nitrogen functional groups attached to an aromatic ring is 1. The molecule has 1 atom stereocenters. The summed E-state index contributed by atoms with van der Waals surface area (Å²) in [5.74, 6) is 0.861. The zero-order valence-corrected chi connectivity index (χ0v) is 15.8. The van der Waals surface area contributed by atoms with E-state index in [0.717, 1.165) is 17.9 Å². The monoisotopic (exact) mass is 332 g/mol. The van der Waals surface area contributed by atoms with Crippen LogP contribution in [0.2, 0.25) is 0 Å². The Hall–Kier alpha value is -1.55. The zero-order chi connectivity index (χ0) is 17.3. The van der Waals surface area contributed by atoms with Gasteiger partial charge in [0.2, 0.25) is 0 Å². The van der Waals surface area contributed by atoms with Crippen LogP contribution in [0.4, 0.5) is 5.13 Å². The lowest BCUT2D eigenvalue weighted by atomic mass is 9.72. The molecule has 0 saturated heterocycles. The second-order valence-electron chi connectivity index (χ2n) is 8.02. The summed E-state index contributed by atoms with van der Waals surface area (Å²) in [6.45, 7) is 13.4. The minimum Gasteiger partial charge on any atom is -0.484 e. The predicted molar refractivity (Wildman–Crippen MR) is 99.1 cm³/mol. The van der Waals surface area contributed by atoms with Crippen LogP contribution in [-0.2, 0) is 5.41 Å². The van der Waals surface area contributed by atoms with Gasteiger partial charge in [-0.2, -0.15) is 0 Å². The van der Waals surface area contributed by atoms with Crippen LogP contribution in [0, 0.1) is 5.41 Å². The Kier molecular flexibility index (Phi) is 5.04. The van der Waals surface area contributed by atoms with Crippen LogP contribution in [-0.4, -0.2) is 4.98 Å². The van der Waals surface area contributed by atoms with Crippen LogP contribution in [0.15, 0.2) is 29.6 Å². The second kappa shape index (κ2) is 6.52. The molecule has 23 heavy (non-hydrogen) atoms. The third kappa shape index (κ3) is 4.96. The molecule has 1 heterocycles. The normalized spacial score (nSPS) is 13.8. The first-order valence-corrected chi connectivity index (χ1v) is 8.93. The van der Waals surface area contributed by atoms with Gasteiger partial charge in [-0.15, -0.1) is 11.3 Å². The second-order valence-corrected chi connectivity index (χ2v) is 8.91. The van der Waals surface area contributed by atoms with Gasteiger partial charge in [-0.05, 0) is 41.9 Å². The van der Waals surface area contributed by atoms with E-state index in [-0.39, 0.29) is 11.5 Å². The van der Waals surface area contributed by atoms with E-state index in [4.69, 9.17) is 10.5 Å². The van der Waals surface area contributed by atoms with E-state index in [0.29, 0.717) is 10.5 Å². The number of aromatic nitrogens is 1. The summed E-state index contributed by atoms with van der Waals surface area (Å²) in [6, 6.07) is 8.43. The van der Waals surface area contributed by atoms with Crippen molar-refractivity contribution >= 4 is 16.5 Å². The smallest absolute Gasteiger partial charge is 0.180 e. The number of benzene rings is 1. The predicted octanol–water partition coefficient (Wildman–Crippen LogP) is 5.58. The number of rotatable bonds is 5. The van der Waals surface area contributed by atoms with Crippen LogP contribution in [0.1, 0.15) is 65.3 Å². The Morgan fingerprint density at radius 2 is 1.74 bits per heavy atom. The first kappa shape index (κ1) is 17.8. The van der Waals surface area contributed by atoms with Crippen molar-refractivity contribution < 1.29 is 4.74 Å². The summed E-state index contributed by atoms with van der Waals surface area (Å²) in [5.41, 5.74) is 8.35. The van der Waals surface area contributed by atoms with Crippen LogP contribution >= 0.6 is 11.3 Å². The Bertz CT molecular complexity index is 638. The van der Waals surface area contributed by atoms with E-state index in [1.807, 2.05) is 24.4 Å². The van der Waals surface area contributed by atoms with Crippen LogP contribution in [0.5, 0.6) is 5.75 Å². The molecule has 2 N–H and O–H groups in total. The van der Waals surface area contributed by atoms with Crippen molar-refractivity contribution in [1.82, 2.24) is 4.98 Å². The largest absolute Gasteiger partial charge is 0.484 e. The van der Waals surface area contributed by atoms with Gasteiger partial charge in [0.15, 0.2) is 5.13 Å². The molecule has 0 amide bonds. The Morgan fingerprint density at radius 3 is 2.22 bits per heavy atom. The zero-order valence-electron chi connectivity index (χ0n) is 15.0. The molecule has 0 bridgehead atoms. The Balaban J connectivity index is 2.07. The number of anilines is 1. The molecule has 0 fully saturated rings. The average Bonchev–Trinajstić information content (AvgIpc) is 2.83. The third-order valence-corrected chi connectivity index (χ3v) is 4.57. The van der Waals surface area contributed by atoms with Gasteiger partial charge in [0.05, 0.1) is 5.69 Å². The van der Waals surface area contributed by atoms with E-state index in [9.17, 15) is 0 Å². The Morgan fingerprint density at radius 1 is 1.13 bits per heavy atom. The number of nitrogens with two attached hydrogens (primary N) is 1. The molecule has 126 valence electrons. The molecule has 0 spiro atoms. The van der Waals surface area contributed by atoms with Crippen molar-refractivity contribution in [2.45, 2.75) is 59.5 Å². The quantitative estimate of drug-likeness (QED) is 0.777. The maximum Gasteiger partial charge on any atom is 0.180 e. The minimum absolute atomic E-state index is 0.100. The molecule has 0 aliphatic rings. The highest BCUT2D eigenvalue weighted by atomic mass is 32.1. The maximum atomic E-state index is 5.97. The highest BCUT2D eigenvalue weighted by Crippen LogP contribution is 2.37. The lowest BCUT2D eigenvalue weighted by Crippen LogP contribution is -2.24. The number of hydrogen-bond donors (Lipinski definition) is 1. The summed E-state index contributed by atoms with van der Waals surface area (Å²) >= 11 is 1.44.